The van der Waals surface area contributed by atoms with E-state index < -0.39 is 11.9 Å². The van der Waals surface area contributed by atoms with E-state index >= 15 is 0 Å². The molecule has 4 N–H and O–H groups in total. The second-order valence-corrected chi connectivity index (χ2v) is 10.5. The summed E-state index contributed by atoms with van der Waals surface area (Å²) < 4.78 is 20.0. The van der Waals surface area contributed by atoms with Gasteiger partial charge in [-0.25, -0.2) is 9.37 Å². The molecule has 3 aromatic carbocycles. The van der Waals surface area contributed by atoms with Crippen molar-refractivity contribution in [3.8, 4) is 5.75 Å². The average molecular weight is 574 g/mol. The molecule has 41 heavy (non-hydrogen) atoms. The van der Waals surface area contributed by atoms with Crippen LogP contribution in [0.3, 0.4) is 0 Å². The first-order chi connectivity index (χ1) is 19.7. The van der Waals surface area contributed by atoms with Gasteiger partial charge in [-0.05, 0) is 90.9 Å². The molecule has 1 aliphatic rings. The van der Waals surface area contributed by atoms with E-state index in [9.17, 15) is 14.0 Å². The molecule has 8 nitrogen and oxygen atoms in total. The number of benzene rings is 3. The van der Waals surface area contributed by atoms with E-state index in [1.165, 1.54) is 13.0 Å². The van der Waals surface area contributed by atoms with Gasteiger partial charge in [0.25, 0.3) is 0 Å². The van der Waals surface area contributed by atoms with Gasteiger partial charge in [-0.3, -0.25) is 9.59 Å². The molecule has 0 saturated carbocycles. The van der Waals surface area contributed by atoms with Crippen molar-refractivity contribution in [3.63, 3.8) is 0 Å². The van der Waals surface area contributed by atoms with E-state index in [1.807, 2.05) is 41.3 Å². The zero-order valence-corrected chi connectivity index (χ0v) is 23.8. The summed E-state index contributed by atoms with van der Waals surface area (Å²) in [6, 6.07) is 16.3. The second-order valence-electron chi connectivity index (χ2n) is 9.98. The van der Waals surface area contributed by atoms with Crippen molar-refractivity contribution in [2.24, 2.45) is 0 Å². The van der Waals surface area contributed by atoms with Crippen molar-refractivity contribution in [2.45, 2.75) is 43.7 Å². The zero-order valence-electron chi connectivity index (χ0n) is 22.9. The number of carbonyl (C=O) groups is 2. The Morgan fingerprint density at radius 3 is 2.73 bits per heavy atom. The summed E-state index contributed by atoms with van der Waals surface area (Å²) in [5.74, 6) is -0.343. The van der Waals surface area contributed by atoms with E-state index in [1.54, 1.807) is 31.3 Å². The molecule has 1 saturated heterocycles. The maximum atomic E-state index is 14.5. The quantitative estimate of drug-likeness (QED) is 0.189. The lowest BCUT2D eigenvalue weighted by Crippen LogP contribution is -2.38. The number of fused-ring (bicyclic) bond motifs is 1. The van der Waals surface area contributed by atoms with Gasteiger partial charge in [0.05, 0.1) is 12.6 Å². The molecule has 0 spiro atoms. The molecule has 1 aliphatic heterocycles. The first-order valence-corrected chi connectivity index (χ1v) is 13.9. The molecule has 0 bridgehead atoms. The third-order valence-electron chi connectivity index (χ3n) is 7.18. The Balaban J connectivity index is 1.53. The zero-order chi connectivity index (χ0) is 29.1. The lowest BCUT2D eigenvalue weighted by Gasteiger charge is -2.31. The number of hydrogen-bond donors (Lipinski definition) is 4. The van der Waals surface area contributed by atoms with Gasteiger partial charge in [-0.1, -0.05) is 6.07 Å². The van der Waals surface area contributed by atoms with Gasteiger partial charge in [-0.2, -0.15) is 0 Å². The molecule has 4 aromatic rings. The summed E-state index contributed by atoms with van der Waals surface area (Å²) in [6.45, 7) is 4.06. The Morgan fingerprint density at radius 1 is 1.15 bits per heavy atom. The van der Waals surface area contributed by atoms with Crippen LogP contribution in [0.25, 0.3) is 10.8 Å². The van der Waals surface area contributed by atoms with Gasteiger partial charge < -0.3 is 26.0 Å². The van der Waals surface area contributed by atoms with Crippen molar-refractivity contribution < 1.29 is 18.7 Å². The minimum Gasteiger partial charge on any atom is -0.491 e. The van der Waals surface area contributed by atoms with Crippen LogP contribution in [0.4, 0.5) is 21.6 Å². The molecule has 2 unspecified atom stereocenters. The third kappa shape index (κ3) is 6.07. The SMILES string of the molecule is CCOc1cc(C(Nc2ccc3c(N)nccc3c2)C(=O)N2CCCC2c2cc(NC(C)=O)ccc2S)ccc1F. The average Bonchev–Trinajstić information content (AvgIpc) is 3.43. The summed E-state index contributed by atoms with van der Waals surface area (Å²) >= 11 is 4.67. The molecule has 2 heterocycles. The van der Waals surface area contributed by atoms with Crippen LogP contribution in [-0.4, -0.2) is 34.8 Å². The Morgan fingerprint density at radius 2 is 1.95 bits per heavy atom. The summed E-state index contributed by atoms with van der Waals surface area (Å²) in [7, 11) is 0. The largest absolute Gasteiger partial charge is 0.491 e. The minimum atomic E-state index is -0.839. The number of nitrogens with one attached hydrogen (secondary N) is 2. The van der Waals surface area contributed by atoms with E-state index in [4.69, 9.17) is 10.5 Å². The van der Waals surface area contributed by atoms with E-state index in [2.05, 4.69) is 28.2 Å². The monoisotopic (exact) mass is 573 g/mol. The number of hydrogen-bond acceptors (Lipinski definition) is 7. The van der Waals surface area contributed by atoms with Crippen molar-refractivity contribution in [1.82, 2.24) is 9.88 Å². The lowest BCUT2D eigenvalue weighted by molar-refractivity contribution is -0.133. The van der Waals surface area contributed by atoms with Gasteiger partial charge >= 0.3 is 0 Å². The Kier molecular flexibility index (Phi) is 8.30. The standard InChI is InChI=1S/C31H32FN5O3S/c1-3-40-27-16-20(6-10-25(27)32)29(36-21-7-9-23-19(15-21)12-13-34-30(23)33)31(39)37-14-4-5-26(37)24-17-22(35-18(2)38)8-11-28(24)41/h6-13,15-17,26,29,36,41H,3-5,14H2,1-2H3,(H2,33,34)(H,35,38). The number of aromatic nitrogens is 1. The Hall–Kier alpha value is -4.31. The maximum Gasteiger partial charge on any atom is 0.250 e. The number of nitrogen functional groups attached to an aromatic ring is 1. The van der Waals surface area contributed by atoms with E-state index in [0.717, 1.165) is 34.1 Å². The van der Waals surface area contributed by atoms with Crippen LogP contribution in [0.5, 0.6) is 5.75 Å². The van der Waals surface area contributed by atoms with Crippen LogP contribution in [0.1, 0.15) is 49.9 Å². The highest BCUT2D eigenvalue weighted by Crippen LogP contribution is 2.39. The molecule has 1 fully saturated rings. The van der Waals surface area contributed by atoms with Crippen LogP contribution in [-0.2, 0) is 9.59 Å². The number of nitrogens with two attached hydrogens (primary N) is 1. The molecular formula is C31H32FN5O3S. The Bertz CT molecular complexity index is 1610. The number of pyridine rings is 1. The number of nitrogens with zero attached hydrogens (tertiary/aromatic N) is 2. The highest BCUT2D eigenvalue weighted by molar-refractivity contribution is 7.80. The number of anilines is 3. The topological polar surface area (TPSA) is 110 Å². The molecule has 212 valence electrons. The van der Waals surface area contributed by atoms with Gasteiger partial charge in [-0.15, -0.1) is 12.6 Å². The smallest absolute Gasteiger partial charge is 0.250 e. The lowest BCUT2D eigenvalue weighted by atomic mass is 10.0. The maximum absolute atomic E-state index is 14.5. The number of carbonyl (C=O) groups excluding carboxylic acids is 2. The Labute approximate surface area is 243 Å². The molecule has 10 heteroatoms. The molecule has 1 aromatic heterocycles. The van der Waals surface area contributed by atoms with Crippen molar-refractivity contribution >= 4 is 52.4 Å². The molecule has 2 amide bonds. The van der Waals surface area contributed by atoms with Crippen LogP contribution >= 0.6 is 12.6 Å². The van der Waals surface area contributed by atoms with Gasteiger partial charge in [0.1, 0.15) is 11.9 Å². The fourth-order valence-electron chi connectivity index (χ4n) is 5.33. The predicted molar refractivity (Wildman–Crippen MR) is 162 cm³/mol. The highest BCUT2D eigenvalue weighted by atomic mass is 32.1. The second kappa shape index (κ2) is 12.1. The number of thiol groups is 1. The highest BCUT2D eigenvalue weighted by Gasteiger charge is 2.36. The van der Waals surface area contributed by atoms with Crippen molar-refractivity contribution in [1.29, 1.82) is 0 Å². The molecule has 0 radical (unpaired) electrons. The van der Waals surface area contributed by atoms with Crippen molar-refractivity contribution in [2.75, 3.05) is 29.5 Å². The number of amides is 2. The summed E-state index contributed by atoms with van der Waals surface area (Å²) in [5.41, 5.74) is 8.80. The van der Waals surface area contributed by atoms with Crippen LogP contribution in [0.15, 0.2) is 71.8 Å². The summed E-state index contributed by atoms with van der Waals surface area (Å²) in [6.07, 6.45) is 3.18. The van der Waals surface area contributed by atoms with Crippen LogP contribution in [0.2, 0.25) is 0 Å². The van der Waals surface area contributed by atoms with E-state index in [-0.39, 0.29) is 30.2 Å². The number of halogens is 1. The third-order valence-corrected chi connectivity index (χ3v) is 7.59. The predicted octanol–water partition coefficient (Wildman–Crippen LogP) is 6.12. The number of likely N-dealkylation sites (tertiary alicyclic amines) is 1. The normalized spacial score (nSPS) is 15.5. The van der Waals surface area contributed by atoms with Gasteiger partial charge in [0.15, 0.2) is 11.6 Å². The van der Waals surface area contributed by atoms with Gasteiger partial charge in [0.2, 0.25) is 11.8 Å². The van der Waals surface area contributed by atoms with Crippen LogP contribution in [0, 0.1) is 5.82 Å². The molecule has 2 atom stereocenters. The molecule has 5 rings (SSSR count). The minimum absolute atomic E-state index is 0.0839. The van der Waals surface area contributed by atoms with Crippen molar-refractivity contribution in [3.05, 3.63) is 83.8 Å². The first kappa shape index (κ1) is 28.2. The summed E-state index contributed by atoms with van der Waals surface area (Å²) in [5, 5.41) is 7.88. The molecule has 0 aliphatic carbocycles. The fourth-order valence-corrected chi connectivity index (χ4v) is 5.62. The molecular weight excluding hydrogens is 541 g/mol. The number of rotatable bonds is 8. The number of ether oxygens (including phenoxy) is 1. The summed E-state index contributed by atoms with van der Waals surface area (Å²) in [4.78, 5) is 32.8. The van der Waals surface area contributed by atoms with Crippen LogP contribution < -0.4 is 21.1 Å². The first-order valence-electron chi connectivity index (χ1n) is 13.5. The van der Waals surface area contributed by atoms with E-state index in [0.29, 0.717) is 29.3 Å². The fraction of sp³-hybridized carbons (Fsp3) is 0.258. The van der Waals surface area contributed by atoms with Gasteiger partial charge in [0, 0.05) is 41.3 Å².